The first-order valence-corrected chi connectivity index (χ1v) is 10.8. The van der Waals surface area contributed by atoms with E-state index in [1.54, 1.807) is 16.8 Å². The van der Waals surface area contributed by atoms with E-state index in [0.29, 0.717) is 0 Å². The van der Waals surface area contributed by atoms with Gasteiger partial charge in [-0.3, -0.25) is 14.5 Å². The van der Waals surface area contributed by atoms with Crippen molar-refractivity contribution < 1.29 is 24.6 Å². The number of nitrogens with zero attached hydrogens (tertiary/aromatic N) is 3. The molecule has 1 saturated heterocycles. The van der Waals surface area contributed by atoms with Crippen molar-refractivity contribution in [3.8, 4) is 10.4 Å². The number of β-amino-alcohol motifs (C(OH)–C–C–N with tert-alkyl or cyclic N) is 1. The number of amides is 3. The van der Waals surface area contributed by atoms with Gasteiger partial charge in [0.05, 0.1) is 22.2 Å². The van der Waals surface area contributed by atoms with E-state index >= 15 is 0 Å². The van der Waals surface area contributed by atoms with E-state index in [-0.39, 0.29) is 25.4 Å². The number of likely N-dealkylation sites (tertiary alicyclic amines) is 1. The molecule has 3 amide bonds. The highest BCUT2D eigenvalue weighted by Crippen LogP contribution is 2.27. The Morgan fingerprint density at radius 1 is 1.32 bits per heavy atom. The second kappa shape index (κ2) is 9.44. The molecule has 0 radical (unpaired) electrons. The summed E-state index contributed by atoms with van der Waals surface area (Å²) >= 11 is 1.57. The van der Waals surface area contributed by atoms with Gasteiger partial charge in [-0.05, 0) is 25.0 Å². The number of nitrogens with one attached hydrogen (secondary N) is 1. The topological polar surface area (TPSA) is 123 Å². The molecular weight excluding hydrogens is 420 g/mol. The largest absolute Gasteiger partial charge is 0.465 e. The number of aliphatic hydroxyl groups is 1. The first-order chi connectivity index (χ1) is 14.7. The SMILES string of the molecule is Cc1ncsc1-c1ccc(CNC(=O)[C@@H]2C[C@H](O)CN2C(=O)C(C)N(C)C(=O)O)cc1. The molecule has 3 N–H and O–H groups in total. The zero-order valence-electron chi connectivity index (χ0n) is 17.6. The molecule has 3 atom stereocenters. The van der Waals surface area contributed by atoms with Crippen LogP contribution in [0.15, 0.2) is 29.8 Å². The van der Waals surface area contributed by atoms with Crippen LogP contribution in [0.25, 0.3) is 10.4 Å². The fourth-order valence-electron chi connectivity index (χ4n) is 3.54. The smallest absolute Gasteiger partial charge is 0.407 e. The number of aliphatic hydroxyl groups excluding tert-OH is 1. The van der Waals surface area contributed by atoms with Gasteiger partial charge in [-0.1, -0.05) is 24.3 Å². The molecule has 1 aliphatic rings. The van der Waals surface area contributed by atoms with Gasteiger partial charge < -0.3 is 20.4 Å². The molecule has 3 rings (SSSR count). The van der Waals surface area contributed by atoms with Crippen molar-refractivity contribution in [1.82, 2.24) is 20.1 Å². The van der Waals surface area contributed by atoms with Crippen LogP contribution in [0.4, 0.5) is 4.79 Å². The predicted molar refractivity (Wildman–Crippen MR) is 116 cm³/mol. The maximum absolute atomic E-state index is 12.8. The summed E-state index contributed by atoms with van der Waals surface area (Å²) in [4.78, 5) is 44.1. The fourth-order valence-corrected chi connectivity index (χ4v) is 4.35. The molecule has 2 heterocycles. The number of carboxylic acid groups (broad SMARTS) is 1. The average Bonchev–Trinajstić information content (AvgIpc) is 3.36. The minimum absolute atomic E-state index is 0.00236. The first kappa shape index (κ1) is 22.7. The van der Waals surface area contributed by atoms with Gasteiger partial charge >= 0.3 is 6.09 Å². The molecule has 1 fully saturated rings. The van der Waals surface area contributed by atoms with Crippen LogP contribution >= 0.6 is 11.3 Å². The molecular formula is C21H26N4O5S. The Morgan fingerprint density at radius 3 is 2.58 bits per heavy atom. The van der Waals surface area contributed by atoms with Gasteiger partial charge in [0.1, 0.15) is 12.1 Å². The molecule has 0 bridgehead atoms. The first-order valence-electron chi connectivity index (χ1n) is 9.90. The Balaban J connectivity index is 1.63. The van der Waals surface area contributed by atoms with Crippen LogP contribution in [0.5, 0.6) is 0 Å². The second-order valence-corrected chi connectivity index (χ2v) is 8.50. The van der Waals surface area contributed by atoms with Crippen LogP contribution in [-0.2, 0) is 16.1 Å². The Hall–Kier alpha value is -2.98. The van der Waals surface area contributed by atoms with Gasteiger partial charge in [0.15, 0.2) is 0 Å². The number of rotatable bonds is 6. The third-order valence-electron chi connectivity index (χ3n) is 5.53. The van der Waals surface area contributed by atoms with E-state index in [2.05, 4.69) is 10.3 Å². The van der Waals surface area contributed by atoms with Gasteiger partial charge in [-0.2, -0.15) is 0 Å². The van der Waals surface area contributed by atoms with Crippen LogP contribution in [0.1, 0.15) is 24.6 Å². The van der Waals surface area contributed by atoms with Crippen LogP contribution in [0.3, 0.4) is 0 Å². The van der Waals surface area contributed by atoms with E-state index in [0.717, 1.165) is 26.6 Å². The lowest BCUT2D eigenvalue weighted by atomic mass is 10.1. The number of thiazole rings is 1. The highest BCUT2D eigenvalue weighted by molar-refractivity contribution is 7.13. The maximum Gasteiger partial charge on any atom is 0.407 e. The number of carbonyl (C=O) groups is 3. The van der Waals surface area contributed by atoms with Gasteiger partial charge in [0.2, 0.25) is 11.8 Å². The molecule has 166 valence electrons. The standard InChI is InChI=1S/C21H26N4O5S/c1-12-18(31-11-23-12)15-6-4-14(5-7-15)9-22-19(27)17-8-16(26)10-25(17)20(28)13(2)24(3)21(29)30/h4-7,11,13,16-17,26H,8-10H2,1-3H3,(H,22,27)(H,29,30)/t13?,16-,17-/m0/s1. The Bertz CT molecular complexity index is 961. The van der Waals surface area contributed by atoms with Crippen molar-refractivity contribution in [2.75, 3.05) is 13.6 Å². The summed E-state index contributed by atoms with van der Waals surface area (Å²) in [6.45, 7) is 3.69. The highest BCUT2D eigenvalue weighted by Gasteiger charge is 2.41. The van der Waals surface area contributed by atoms with E-state index in [1.807, 2.05) is 31.2 Å². The van der Waals surface area contributed by atoms with E-state index in [1.165, 1.54) is 18.9 Å². The monoisotopic (exact) mass is 446 g/mol. The molecule has 9 nitrogen and oxygen atoms in total. The number of hydrogen-bond donors (Lipinski definition) is 3. The normalized spacial score (nSPS) is 19.2. The minimum Gasteiger partial charge on any atom is -0.465 e. The second-order valence-electron chi connectivity index (χ2n) is 7.65. The Morgan fingerprint density at radius 2 is 2.00 bits per heavy atom. The summed E-state index contributed by atoms with van der Waals surface area (Å²) in [7, 11) is 1.30. The van der Waals surface area contributed by atoms with Crippen LogP contribution in [-0.4, -0.2) is 74.7 Å². The molecule has 1 unspecified atom stereocenters. The van der Waals surface area contributed by atoms with Crippen molar-refractivity contribution in [2.24, 2.45) is 0 Å². The lowest BCUT2D eigenvalue weighted by molar-refractivity contribution is -0.141. The molecule has 0 saturated carbocycles. The highest BCUT2D eigenvalue weighted by atomic mass is 32.1. The molecule has 1 aliphatic heterocycles. The van der Waals surface area contributed by atoms with Gasteiger partial charge in [-0.25, -0.2) is 9.78 Å². The summed E-state index contributed by atoms with van der Waals surface area (Å²) in [5.41, 5.74) is 4.73. The van der Waals surface area contributed by atoms with Crippen LogP contribution < -0.4 is 5.32 Å². The number of benzene rings is 1. The Kier molecular flexibility index (Phi) is 6.91. The van der Waals surface area contributed by atoms with Gasteiger partial charge in [0.25, 0.3) is 0 Å². The summed E-state index contributed by atoms with van der Waals surface area (Å²) < 4.78 is 0. The summed E-state index contributed by atoms with van der Waals surface area (Å²) in [6.07, 6.45) is -1.95. The molecule has 1 aromatic heterocycles. The summed E-state index contributed by atoms with van der Waals surface area (Å²) in [5.74, 6) is -0.886. The van der Waals surface area contributed by atoms with Crippen LogP contribution in [0.2, 0.25) is 0 Å². The number of carbonyl (C=O) groups excluding carboxylic acids is 2. The molecule has 2 aromatic rings. The molecule has 1 aromatic carbocycles. The van der Waals surface area contributed by atoms with E-state index in [9.17, 15) is 19.5 Å². The maximum atomic E-state index is 12.8. The molecule has 10 heteroatoms. The third kappa shape index (κ3) is 5.02. The Labute approximate surface area is 184 Å². The van der Waals surface area contributed by atoms with Crippen LogP contribution in [0, 0.1) is 6.92 Å². The van der Waals surface area contributed by atoms with Gasteiger partial charge in [-0.15, -0.1) is 11.3 Å². The number of aromatic nitrogens is 1. The van der Waals surface area contributed by atoms with Gasteiger partial charge in [0, 0.05) is 26.6 Å². The molecule has 0 aliphatic carbocycles. The third-order valence-corrected chi connectivity index (χ3v) is 6.51. The quantitative estimate of drug-likeness (QED) is 0.621. The zero-order valence-corrected chi connectivity index (χ0v) is 18.4. The number of aryl methyl sites for hydroxylation is 1. The average molecular weight is 447 g/mol. The fraction of sp³-hybridized carbons (Fsp3) is 0.429. The van der Waals surface area contributed by atoms with E-state index < -0.39 is 30.2 Å². The predicted octanol–water partition coefficient (Wildman–Crippen LogP) is 1.69. The van der Waals surface area contributed by atoms with Crippen molar-refractivity contribution in [3.63, 3.8) is 0 Å². The summed E-state index contributed by atoms with van der Waals surface area (Å²) in [6, 6.07) is 5.99. The lowest BCUT2D eigenvalue weighted by Crippen LogP contribution is -2.52. The number of hydrogen-bond acceptors (Lipinski definition) is 6. The number of likely N-dealkylation sites (N-methyl/N-ethyl adjacent to an activating group) is 1. The lowest BCUT2D eigenvalue weighted by Gasteiger charge is -2.29. The van der Waals surface area contributed by atoms with Crippen molar-refractivity contribution in [1.29, 1.82) is 0 Å². The van der Waals surface area contributed by atoms with E-state index in [4.69, 9.17) is 5.11 Å². The van der Waals surface area contributed by atoms with Crippen molar-refractivity contribution >= 4 is 29.2 Å². The summed E-state index contributed by atoms with van der Waals surface area (Å²) in [5, 5.41) is 21.9. The molecule has 31 heavy (non-hydrogen) atoms. The van der Waals surface area contributed by atoms with Crippen molar-refractivity contribution in [2.45, 2.75) is 45.0 Å². The van der Waals surface area contributed by atoms with Crippen molar-refractivity contribution in [3.05, 3.63) is 41.0 Å². The minimum atomic E-state index is -1.24. The molecule has 0 spiro atoms. The zero-order chi connectivity index (χ0) is 22.7.